The molecule has 0 saturated carbocycles. The van der Waals surface area contributed by atoms with Gasteiger partial charge >= 0.3 is 5.97 Å². The third-order valence-electron chi connectivity index (χ3n) is 4.30. The molecule has 0 aliphatic carbocycles. The van der Waals surface area contributed by atoms with Crippen molar-refractivity contribution in [1.29, 1.82) is 0 Å². The molecule has 0 amide bonds. The highest BCUT2D eigenvalue weighted by Gasteiger charge is 2.42. The zero-order valence-corrected chi connectivity index (χ0v) is 14.2. The summed E-state index contributed by atoms with van der Waals surface area (Å²) in [5.74, 6) is -0.687. The van der Waals surface area contributed by atoms with Crippen molar-refractivity contribution in [3.8, 4) is 5.75 Å². The zero-order chi connectivity index (χ0) is 18.0. The number of hydrogen-bond donors (Lipinski definition) is 1. The van der Waals surface area contributed by atoms with Crippen LogP contribution in [0.15, 0.2) is 43.0 Å². The van der Waals surface area contributed by atoms with Crippen LogP contribution in [0.1, 0.15) is 35.6 Å². The molecule has 25 heavy (non-hydrogen) atoms. The minimum Gasteiger partial charge on any atom is -0.484 e. The molecule has 0 fully saturated rings. The molecule has 1 aliphatic heterocycles. The van der Waals surface area contributed by atoms with Crippen molar-refractivity contribution in [2.45, 2.75) is 18.9 Å². The van der Waals surface area contributed by atoms with E-state index < -0.39 is 12.0 Å². The summed E-state index contributed by atoms with van der Waals surface area (Å²) in [6, 6.07) is 9.72. The second-order valence-electron chi connectivity index (χ2n) is 5.75. The molecular weight excluding hydrogens is 321 g/mol. The van der Waals surface area contributed by atoms with E-state index in [0.29, 0.717) is 5.75 Å². The molecule has 0 radical (unpaired) electrons. The van der Waals surface area contributed by atoms with Crippen molar-refractivity contribution < 1.29 is 18.7 Å². The fraction of sp³-hybridized carbons (Fsp3) is 0.250. The van der Waals surface area contributed by atoms with Gasteiger partial charge in [-0.3, -0.25) is 4.79 Å². The van der Waals surface area contributed by atoms with Gasteiger partial charge in [0.2, 0.25) is 0 Å². The lowest BCUT2D eigenvalue weighted by Gasteiger charge is -2.18. The standard InChI is InChI=1S/C20H20FNO3/c1-4-12-10-15-17(11-16(12)22-3)25-19(18(15)20(23)24-5-2)13-6-8-14(21)9-7-13/h4,6-11,18-19,22H,1,5H2,2-3H3. The van der Waals surface area contributed by atoms with Gasteiger partial charge in [0.15, 0.2) is 0 Å². The Bertz CT molecular complexity index is 801. The molecular formula is C20H20FNO3. The van der Waals surface area contributed by atoms with Crippen molar-refractivity contribution in [2.24, 2.45) is 0 Å². The number of anilines is 1. The molecule has 130 valence electrons. The van der Waals surface area contributed by atoms with Crippen LogP contribution < -0.4 is 10.1 Å². The van der Waals surface area contributed by atoms with Gasteiger partial charge < -0.3 is 14.8 Å². The van der Waals surface area contributed by atoms with Crippen LogP contribution in [0, 0.1) is 5.82 Å². The minimum atomic E-state index is -0.606. The Morgan fingerprint density at radius 3 is 2.68 bits per heavy atom. The summed E-state index contributed by atoms with van der Waals surface area (Å²) in [5, 5.41) is 3.09. The highest BCUT2D eigenvalue weighted by Crippen LogP contribution is 2.48. The molecule has 5 heteroatoms. The van der Waals surface area contributed by atoms with Crippen LogP contribution in [0.2, 0.25) is 0 Å². The van der Waals surface area contributed by atoms with E-state index in [1.165, 1.54) is 12.1 Å². The fourth-order valence-electron chi connectivity index (χ4n) is 3.11. The Morgan fingerprint density at radius 1 is 1.36 bits per heavy atom. The zero-order valence-electron chi connectivity index (χ0n) is 14.2. The van der Waals surface area contributed by atoms with Crippen LogP contribution >= 0.6 is 0 Å². The summed E-state index contributed by atoms with van der Waals surface area (Å²) < 4.78 is 24.6. The Morgan fingerprint density at radius 2 is 2.08 bits per heavy atom. The van der Waals surface area contributed by atoms with Gasteiger partial charge in [-0.25, -0.2) is 4.39 Å². The Balaban J connectivity index is 2.09. The van der Waals surface area contributed by atoms with Crippen LogP contribution in [-0.2, 0) is 9.53 Å². The number of rotatable bonds is 5. The maximum atomic E-state index is 13.3. The molecule has 0 spiro atoms. The number of carbonyl (C=O) groups is 1. The number of carbonyl (C=O) groups excluding carboxylic acids is 1. The van der Waals surface area contributed by atoms with E-state index in [1.54, 1.807) is 25.1 Å². The van der Waals surface area contributed by atoms with E-state index in [-0.39, 0.29) is 18.4 Å². The summed E-state index contributed by atoms with van der Waals surface area (Å²) in [6.45, 7) is 5.87. The summed E-state index contributed by atoms with van der Waals surface area (Å²) in [5.41, 5.74) is 3.21. The molecule has 2 unspecified atom stereocenters. The first-order chi connectivity index (χ1) is 12.1. The molecule has 1 heterocycles. The molecule has 1 aliphatic rings. The number of benzene rings is 2. The molecule has 0 saturated heterocycles. The Hall–Kier alpha value is -2.82. The van der Waals surface area contributed by atoms with Crippen molar-refractivity contribution in [1.82, 2.24) is 0 Å². The summed E-state index contributed by atoms with van der Waals surface area (Å²) in [7, 11) is 1.81. The van der Waals surface area contributed by atoms with E-state index in [2.05, 4.69) is 11.9 Å². The lowest BCUT2D eigenvalue weighted by molar-refractivity contribution is -0.146. The van der Waals surface area contributed by atoms with Crippen LogP contribution in [0.3, 0.4) is 0 Å². The number of halogens is 1. The normalized spacial score (nSPS) is 18.2. The van der Waals surface area contributed by atoms with Gasteiger partial charge in [-0.15, -0.1) is 0 Å². The lowest BCUT2D eigenvalue weighted by atomic mass is 9.90. The van der Waals surface area contributed by atoms with E-state index in [0.717, 1.165) is 22.4 Å². The van der Waals surface area contributed by atoms with Gasteiger partial charge in [0.25, 0.3) is 0 Å². The van der Waals surface area contributed by atoms with E-state index >= 15 is 0 Å². The van der Waals surface area contributed by atoms with Crippen molar-refractivity contribution in [2.75, 3.05) is 19.0 Å². The quantitative estimate of drug-likeness (QED) is 0.824. The Kier molecular flexibility index (Phi) is 4.74. The van der Waals surface area contributed by atoms with Crippen molar-refractivity contribution in [3.05, 3.63) is 65.5 Å². The summed E-state index contributed by atoms with van der Waals surface area (Å²) in [4.78, 5) is 12.6. The van der Waals surface area contributed by atoms with Crippen LogP contribution in [-0.4, -0.2) is 19.6 Å². The van der Waals surface area contributed by atoms with Crippen molar-refractivity contribution in [3.63, 3.8) is 0 Å². The Labute approximate surface area is 146 Å². The molecule has 2 atom stereocenters. The lowest BCUT2D eigenvalue weighted by Crippen LogP contribution is -2.21. The maximum Gasteiger partial charge on any atom is 0.317 e. The van der Waals surface area contributed by atoms with Gasteiger partial charge in [0.05, 0.1) is 6.61 Å². The van der Waals surface area contributed by atoms with E-state index in [4.69, 9.17) is 9.47 Å². The highest BCUT2D eigenvalue weighted by molar-refractivity contribution is 5.83. The van der Waals surface area contributed by atoms with Crippen LogP contribution in [0.5, 0.6) is 5.75 Å². The SMILES string of the molecule is C=Cc1cc2c(cc1NC)OC(c1ccc(F)cc1)C2C(=O)OCC. The molecule has 0 bridgehead atoms. The third-order valence-corrected chi connectivity index (χ3v) is 4.30. The largest absolute Gasteiger partial charge is 0.484 e. The maximum absolute atomic E-state index is 13.3. The third kappa shape index (κ3) is 3.09. The molecule has 1 N–H and O–H groups in total. The average molecular weight is 341 g/mol. The predicted molar refractivity (Wildman–Crippen MR) is 95.2 cm³/mol. The van der Waals surface area contributed by atoms with Crippen molar-refractivity contribution >= 4 is 17.7 Å². The highest BCUT2D eigenvalue weighted by atomic mass is 19.1. The van der Waals surface area contributed by atoms with Gasteiger partial charge in [0.1, 0.15) is 23.6 Å². The molecule has 4 nitrogen and oxygen atoms in total. The minimum absolute atomic E-state index is 0.281. The van der Waals surface area contributed by atoms with Gasteiger partial charge in [-0.1, -0.05) is 24.8 Å². The van der Waals surface area contributed by atoms with E-state index in [9.17, 15) is 9.18 Å². The number of esters is 1. The first kappa shape index (κ1) is 17.0. The number of fused-ring (bicyclic) bond motifs is 1. The fourth-order valence-corrected chi connectivity index (χ4v) is 3.11. The van der Waals surface area contributed by atoms with Gasteiger partial charge in [0, 0.05) is 24.4 Å². The second kappa shape index (κ2) is 6.97. The van der Waals surface area contributed by atoms with Crippen LogP contribution in [0.4, 0.5) is 10.1 Å². The first-order valence-corrected chi connectivity index (χ1v) is 8.16. The molecule has 2 aromatic rings. The van der Waals surface area contributed by atoms with E-state index in [1.807, 2.05) is 19.2 Å². The topological polar surface area (TPSA) is 47.6 Å². The number of nitrogens with one attached hydrogen (secondary N) is 1. The number of ether oxygens (including phenoxy) is 2. The average Bonchev–Trinajstić information content (AvgIpc) is 2.99. The van der Waals surface area contributed by atoms with Gasteiger partial charge in [-0.2, -0.15) is 0 Å². The monoisotopic (exact) mass is 341 g/mol. The van der Waals surface area contributed by atoms with Crippen LogP contribution in [0.25, 0.3) is 6.08 Å². The number of hydrogen-bond acceptors (Lipinski definition) is 4. The molecule has 0 aromatic heterocycles. The predicted octanol–water partition coefficient (Wildman–Crippen LogP) is 4.29. The molecule has 3 rings (SSSR count). The van der Waals surface area contributed by atoms with Gasteiger partial charge in [-0.05, 0) is 36.2 Å². The second-order valence-corrected chi connectivity index (χ2v) is 5.75. The smallest absolute Gasteiger partial charge is 0.317 e. The molecule has 2 aromatic carbocycles. The first-order valence-electron chi connectivity index (χ1n) is 8.16. The summed E-state index contributed by atoms with van der Waals surface area (Å²) >= 11 is 0. The summed E-state index contributed by atoms with van der Waals surface area (Å²) in [6.07, 6.45) is 1.17.